The topological polar surface area (TPSA) is 29.5 Å². The third-order valence-electron chi connectivity index (χ3n) is 2.33. The molecule has 94 valence electrons. The maximum Gasteiger partial charge on any atom is 0.201 e. The third kappa shape index (κ3) is 2.46. The van der Waals surface area contributed by atoms with E-state index in [9.17, 15) is 13.2 Å². The van der Waals surface area contributed by atoms with Crippen molar-refractivity contribution in [1.82, 2.24) is 0 Å². The Morgan fingerprint density at radius 2 is 1.78 bits per heavy atom. The second-order valence-electron chi connectivity index (χ2n) is 3.56. The molecule has 2 nitrogen and oxygen atoms in total. The molecule has 2 aromatic carbocycles. The molecule has 2 aromatic rings. The zero-order valence-corrected chi connectivity index (χ0v) is 9.16. The van der Waals surface area contributed by atoms with Crippen LogP contribution in [0.5, 0.6) is 11.5 Å². The third-order valence-corrected chi connectivity index (χ3v) is 2.33. The summed E-state index contributed by atoms with van der Waals surface area (Å²) in [6, 6.07) is 6.89. The van der Waals surface area contributed by atoms with Crippen molar-refractivity contribution in [3.05, 3.63) is 59.4 Å². The molecule has 0 fully saturated rings. The summed E-state index contributed by atoms with van der Waals surface area (Å²) in [4.78, 5) is 0. The monoisotopic (exact) mass is 254 g/mol. The first kappa shape index (κ1) is 12.4. The molecular formula is C13H9F3O2. The highest BCUT2D eigenvalue weighted by Gasteiger charge is 2.12. The molecule has 1 N–H and O–H groups in total. The van der Waals surface area contributed by atoms with E-state index >= 15 is 0 Å². The SMILES string of the molecule is OCc1cc(F)ccc1Oc1cccc(F)c1F. The van der Waals surface area contributed by atoms with E-state index < -0.39 is 24.1 Å². The molecule has 0 spiro atoms. The number of aliphatic hydroxyl groups excluding tert-OH is 1. The maximum absolute atomic E-state index is 13.4. The van der Waals surface area contributed by atoms with Crippen LogP contribution >= 0.6 is 0 Å². The number of halogens is 3. The van der Waals surface area contributed by atoms with Gasteiger partial charge < -0.3 is 9.84 Å². The van der Waals surface area contributed by atoms with Crippen LogP contribution in [0.3, 0.4) is 0 Å². The van der Waals surface area contributed by atoms with Crippen LogP contribution in [0.1, 0.15) is 5.56 Å². The van der Waals surface area contributed by atoms with Crippen LogP contribution in [0.2, 0.25) is 0 Å². The Labute approximate surface area is 101 Å². The van der Waals surface area contributed by atoms with E-state index in [-0.39, 0.29) is 17.1 Å². The summed E-state index contributed by atoms with van der Waals surface area (Å²) in [7, 11) is 0. The average molecular weight is 254 g/mol. The van der Waals surface area contributed by atoms with Crippen molar-refractivity contribution < 1.29 is 23.0 Å². The Morgan fingerprint density at radius 1 is 1.00 bits per heavy atom. The van der Waals surface area contributed by atoms with Gasteiger partial charge in [-0.3, -0.25) is 0 Å². The van der Waals surface area contributed by atoms with Gasteiger partial charge >= 0.3 is 0 Å². The minimum atomic E-state index is -1.13. The lowest BCUT2D eigenvalue weighted by Crippen LogP contribution is -1.96. The van der Waals surface area contributed by atoms with E-state index in [1.165, 1.54) is 18.2 Å². The fraction of sp³-hybridized carbons (Fsp3) is 0.0769. The van der Waals surface area contributed by atoms with Crippen LogP contribution in [0, 0.1) is 17.5 Å². The van der Waals surface area contributed by atoms with E-state index in [0.29, 0.717) is 0 Å². The second-order valence-corrected chi connectivity index (χ2v) is 3.56. The highest BCUT2D eigenvalue weighted by molar-refractivity contribution is 5.38. The molecule has 0 radical (unpaired) electrons. The lowest BCUT2D eigenvalue weighted by molar-refractivity contribution is 0.275. The molecule has 18 heavy (non-hydrogen) atoms. The minimum Gasteiger partial charge on any atom is -0.454 e. The van der Waals surface area contributed by atoms with Crippen molar-refractivity contribution in [2.45, 2.75) is 6.61 Å². The van der Waals surface area contributed by atoms with Crippen molar-refractivity contribution >= 4 is 0 Å². The van der Waals surface area contributed by atoms with Gasteiger partial charge in [0.2, 0.25) is 5.82 Å². The first-order chi connectivity index (χ1) is 8.61. The van der Waals surface area contributed by atoms with Crippen molar-refractivity contribution in [2.24, 2.45) is 0 Å². The smallest absolute Gasteiger partial charge is 0.201 e. The summed E-state index contributed by atoms with van der Waals surface area (Å²) in [6.07, 6.45) is 0. The van der Waals surface area contributed by atoms with Crippen LogP contribution in [0.15, 0.2) is 36.4 Å². The molecular weight excluding hydrogens is 245 g/mol. The maximum atomic E-state index is 13.4. The molecule has 0 saturated heterocycles. The van der Waals surface area contributed by atoms with Gasteiger partial charge in [0.15, 0.2) is 11.6 Å². The number of ether oxygens (including phenoxy) is 1. The largest absolute Gasteiger partial charge is 0.454 e. The first-order valence-electron chi connectivity index (χ1n) is 5.13. The standard InChI is InChI=1S/C13H9F3O2/c14-9-4-5-11(8(6-9)7-17)18-12-3-1-2-10(15)13(12)16/h1-6,17H,7H2. The Morgan fingerprint density at radius 3 is 2.50 bits per heavy atom. The number of hydrogen-bond donors (Lipinski definition) is 1. The van der Waals surface area contributed by atoms with Crippen LogP contribution in [-0.4, -0.2) is 5.11 Å². The fourth-order valence-corrected chi connectivity index (χ4v) is 1.45. The molecule has 0 aliphatic carbocycles. The normalized spacial score (nSPS) is 10.4. The molecule has 0 amide bonds. The molecule has 0 atom stereocenters. The summed E-state index contributed by atoms with van der Waals surface area (Å²) < 4.78 is 44.4. The quantitative estimate of drug-likeness (QED) is 0.909. The summed E-state index contributed by atoms with van der Waals surface area (Å²) in [6.45, 7) is -0.468. The first-order valence-corrected chi connectivity index (χ1v) is 5.13. The molecule has 0 aromatic heterocycles. The highest BCUT2D eigenvalue weighted by atomic mass is 19.2. The van der Waals surface area contributed by atoms with Crippen LogP contribution in [-0.2, 0) is 6.61 Å². The molecule has 0 bridgehead atoms. The lowest BCUT2D eigenvalue weighted by Gasteiger charge is -2.10. The Kier molecular flexibility index (Phi) is 3.53. The van der Waals surface area contributed by atoms with Gasteiger partial charge in [0, 0.05) is 5.56 Å². The lowest BCUT2D eigenvalue weighted by atomic mass is 10.2. The molecule has 0 aliphatic rings. The van der Waals surface area contributed by atoms with Crippen LogP contribution < -0.4 is 4.74 Å². The summed E-state index contributed by atoms with van der Waals surface area (Å²) in [5.74, 6) is -2.98. The van der Waals surface area contributed by atoms with Gasteiger partial charge in [0.05, 0.1) is 6.61 Å². The summed E-state index contributed by atoms with van der Waals surface area (Å²) in [5, 5.41) is 9.03. The van der Waals surface area contributed by atoms with Crippen LogP contribution in [0.4, 0.5) is 13.2 Å². The van der Waals surface area contributed by atoms with Gasteiger partial charge in [-0.25, -0.2) is 8.78 Å². The number of hydrogen-bond acceptors (Lipinski definition) is 2. The number of rotatable bonds is 3. The van der Waals surface area contributed by atoms with Gasteiger partial charge in [0.1, 0.15) is 11.6 Å². The van der Waals surface area contributed by atoms with Gasteiger partial charge in [-0.05, 0) is 30.3 Å². The van der Waals surface area contributed by atoms with Gasteiger partial charge in [-0.1, -0.05) is 6.07 Å². The molecule has 2 rings (SSSR count). The van der Waals surface area contributed by atoms with Crippen molar-refractivity contribution in [3.8, 4) is 11.5 Å². The van der Waals surface area contributed by atoms with E-state index in [4.69, 9.17) is 9.84 Å². The number of aliphatic hydroxyl groups is 1. The number of benzene rings is 2. The minimum absolute atomic E-state index is 0.0726. The predicted octanol–water partition coefficient (Wildman–Crippen LogP) is 3.39. The Bertz CT molecular complexity index is 570. The van der Waals surface area contributed by atoms with Gasteiger partial charge in [0.25, 0.3) is 0 Å². The van der Waals surface area contributed by atoms with Crippen molar-refractivity contribution in [2.75, 3.05) is 0 Å². The van der Waals surface area contributed by atoms with E-state index in [2.05, 4.69) is 0 Å². The zero-order chi connectivity index (χ0) is 13.1. The zero-order valence-electron chi connectivity index (χ0n) is 9.16. The Balaban J connectivity index is 2.37. The molecule has 0 aliphatic heterocycles. The van der Waals surface area contributed by atoms with E-state index in [1.54, 1.807) is 0 Å². The van der Waals surface area contributed by atoms with Gasteiger partial charge in [-0.15, -0.1) is 0 Å². The van der Waals surface area contributed by atoms with E-state index in [1.807, 2.05) is 0 Å². The molecule has 0 heterocycles. The van der Waals surface area contributed by atoms with Crippen molar-refractivity contribution in [1.29, 1.82) is 0 Å². The second kappa shape index (κ2) is 5.10. The predicted molar refractivity (Wildman–Crippen MR) is 58.8 cm³/mol. The van der Waals surface area contributed by atoms with Crippen LogP contribution in [0.25, 0.3) is 0 Å². The summed E-state index contributed by atoms with van der Waals surface area (Å²) in [5.41, 5.74) is 0.152. The van der Waals surface area contributed by atoms with E-state index in [0.717, 1.165) is 18.2 Å². The molecule has 5 heteroatoms. The van der Waals surface area contributed by atoms with Gasteiger partial charge in [-0.2, -0.15) is 4.39 Å². The molecule has 0 saturated carbocycles. The highest BCUT2D eigenvalue weighted by Crippen LogP contribution is 2.29. The summed E-state index contributed by atoms with van der Waals surface area (Å²) >= 11 is 0. The van der Waals surface area contributed by atoms with Crippen molar-refractivity contribution in [3.63, 3.8) is 0 Å². The average Bonchev–Trinajstić information content (AvgIpc) is 2.37. The fourth-order valence-electron chi connectivity index (χ4n) is 1.45. The molecule has 0 unspecified atom stereocenters. The Hall–Kier alpha value is -2.01.